The highest BCUT2D eigenvalue weighted by atomic mass is 16.3. The van der Waals surface area contributed by atoms with E-state index in [1.54, 1.807) is 0 Å². The van der Waals surface area contributed by atoms with Gasteiger partial charge in [-0.2, -0.15) is 0 Å². The first-order valence-corrected chi connectivity index (χ1v) is 18.0. The fourth-order valence-electron chi connectivity index (χ4n) is 7.67. The molecule has 4 nitrogen and oxygen atoms in total. The summed E-state index contributed by atoms with van der Waals surface area (Å²) in [6.07, 6.45) is 5.46. The van der Waals surface area contributed by atoms with Crippen LogP contribution in [0.4, 0.5) is 0 Å². The first kappa shape index (κ1) is 30.9. The third kappa shape index (κ3) is 5.62. The molecule has 0 saturated heterocycles. The summed E-state index contributed by atoms with van der Waals surface area (Å²) in [6, 6.07) is 59.1. The fourth-order valence-corrected chi connectivity index (χ4v) is 7.67. The maximum absolute atomic E-state index is 6.82. The van der Waals surface area contributed by atoms with Gasteiger partial charge in [-0.15, -0.1) is 0 Å². The van der Waals surface area contributed by atoms with Gasteiger partial charge in [-0.25, -0.2) is 15.0 Å². The minimum atomic E-state index is 0.193. The summed E-state index contributed by atoms with van der Waals surface area (Å²) in [6.45, 7) is 0. The van der Waals surface area contributed by atoms with Crippen LogP contribution < -0.4 is 0 Å². The summed E-state index contributed by atoms with van der Waals surface area (Å²) in [5, 5.41) is 3.45. The van der Waals surface area contributed by atoms with Crippen molar-refractivity contribution in [2.45, 2.75) is 12.3 Å². The molecule has 0 spiro atoms. The van der Waals surface area contributed by atoms with Crippen LogP contribution in [-0.4, -0.2) is 15.0 Å². The van der Waals surface area contributed by atoms with Crippen molar-refractivity contribution in [3.63, 3.8) is 0 Å². The average molecular weight is 680 g/mol. The molecule has 0 fully saturated rings. The van der Waals surface area contributed by atoms with Crippen LogP contribution in [-0.2, 0) is 0 Å². The standard InChI is InChI=1S/C49H33N3O/c1-4-15-32(16-5-1)39-27-14-28-42-44-31-43(40-25-10-11-26-41(40)46(44)53-45(39)42)37-23-12-21-35(29-37)36-22-13-24-38(30-36)49-51-47(33-17-6-2-7-18-33)50-48(52-49)34-19-8-3-9-20-34/h1-26,28-31,39H,27H2. The van der Waals surface area contributed by atoms with Crippen molar-refractivity contribution in [1.29, 1.82) is 0 Å². The first-order chi connectivity index (χ1) is 26.3. The zero-order chi connectivity index (χ0) is 35.1. The van der Waals surface area contributed by atoms with Crippen LogP contribution in [0.25, 0.3) is 84.2 Å². The molecule has 0 N–H and O–H groups in total. The second kappa shape index (κ2) is 13.0. The largest absolute Gasteiger partial charge is 0.459 e. The van der Waals surface area contributed by atoms with Crippen LogP contribution in [0.2, 0.25) is 0 Å². The maximum Gasteiger partial charge on any atom is 0.164 e. The van der Waals surface area contributed by atoms with Crippen LogP contribution in [0.5, 0.6) is 0 Å². The van der Waals surface area contributed by atoms with Crippen LogP contribution in [0.1, 0.15) is 29.2 Å². The smallest absolute Gasteiger partial charge is 0.164 e. The lowest BCUT2D eigenvalue weighted by Crippen LogP contribution is -2.03. The molecule has 1 unspecified atom stereocenters. The Morgan fingerprint density at radius 3 is 1.60 bits per heavy atom. The Balaban J connectivity index is 1.08. The van der Waals surface area contributed by atoms with Crippen molar-refractivity contribution in [2.75, 3.05) is 0 Å². The average Bonchev–Trinajstić information content (AvgIpc) is 3.63. The highest BCUT2D eigenvalue weighted by molar-refractivity contribution is 6.14. The van der Waals surface area contributed by atoms with E-state index in [4.69, 9.17) is 19.4 Å². The molecule has 0 saturated carbocycles. The molecule has 1 atom stereocenters. The summed E-state index contributed by atoms with van der Waals surface area (Å²) in [5.41, 5.74) is 10.8. The Labute approximate surface area is 307 Å². The molecule has 0 amide bonds. The molecular formula is C49H33N3O. The number of allylic oxidation sites excluding steroid dienone is 1. The van der Waals surface area contributed by atoms with Crippen molar-refractivity contribution < 1.29 is 4.42 Å². The van der Waals surface area contributed by atoms with Crippen molar-refractivity contribution in [3.05, 3.63) is 193 Å². The molecule has 250 valence electrons. The van der Waals surface area contributed by atoms with Crippen LogP contribution in [0.3, 0.4) is 0 Å². The van der Waals surface area contributed by atoms with Gasteiger partial charge in [0.05, 0.1) is 0 Å². The molecule has 2 heterocycles. The van der Waals surface area contributed by atoms with Crippen LogP contribution in [0.15, 0.2) is 180 Å². The van der Waals surface area contributed by atoms with Gasteiger partial charge >= 0.3 is 0 Å². The highest BCUT2D eigenvalue weighted by Crippen LogP contribution is 2.45. The van der Waals surface area contributed by atoms with Gasteiger partial charge in [0.2, 0.25) is 0 Å². The van der Waals surface area contributed by atoms with Gasteiger partial charge in [-0.1, -0.05) is 164 Å². The number of aromatic nitrogens is 3. The van der Waals surface area contributed by atoms with Gasteiger partial charge in [-0.05, 0) is 57.8 Å². The number of hydrogen-bond acceptors (Lipinski definition) is 4. The predicted octanol–water partition coefficient (Wildman–Crippen LogP) is 12.7. The number of benzene rings is 7. The van der Waals surface area contributed by atoms with Gasteiger partial charge in [-0.3, -0.25) is 0 Å². The van der Waals surface area contributed by atoms with E-state index in [1.165, 1.54) is 22.1 Å². The van der Waals surface area contributed by atoms with E-state index in [-0.39, 0.29) is 5.92 Å². The molecule has 0 bridgehead atoms. The number of hydrogen-bond donors (Lipinski definition) is 0. The molecule has 0 aliphatic heterocycles. The quantitative estimate of drug-likeness (QED) is 0.175. The Morgan fingerprint density at radius 2 is 0.943 bits per heavy atom. The van der Waals surface area contributed by atoms with Gasteiger partial charge in [0, 0.05) is 38.9 Å². The van der Waals surface area contributed by atoms with Crippen molar-refractivity contribution in [3.8, 4) is 56.4 Å². The van der Waals surface area contributed by atoms with E-state index in [1.807, 2.05) is 60.7 Å². The van der Waals surface area contributed by atoms with Gasteiger partial charge in [0.1, 0.15) is 11.3 Å². The predicted molar refractivity (Wildman–Crippen MR) is 216 cm³/mol. The number of furan rings is 1. The molecule has 2 aromatic heterocycles. The summed E-state index contributed by atoms with van der Waals surface area (Å²) in [5.74, 6) is 3.17. The number of fused-ring (bicyclic) bond motifs is 5. The Kier molecular flexibility index (Phi) is 7.58. The number of nitrogens with zero attached hydrogens (tertiary/aromatic N) is 3. The first-order valence-electron chi connectivity index (χ1n) is 18.0. The van der Waals surface area contributed by atoms with E-state index in [0.717, 1.165) is 61.9 Å². The zero-order valence-electron chi connectivity index (χ0n) is 28.9. The third-order valence-corrected chi connectivity index (χ3v) is 10.3. The molecule has 53 heavy (non-hydrogen) atoms. The lowest BCUT2D eigenvalue weighted by atomic mass is 9.86. The summed E-state index contributed by atoms with van der Waals surface area (Å²) < 4.78 is 6.82. The zero-order valence-corrected chi connectivity index (χ0v) is 28.9. The molecule has 7 aromatic carbocycles. The topological polar surface area (TPSA) is 51.8 Å². The van der Waals surface area contributed by atoms with E-state index in [0.29, 0.717) is 17.5 Å². The molecule has 4 heteroatoms. The molecule has 9 aromatic rings. The van der Waals surface area contributed by atoms with Crippen molar-refractivity contribution in [1.82, 2.24) is 15.0 Å². The lowest BCUT2D eigenvalue weighted by molar-refractivity contribution is 0.519. The summed E-state index contributed by atoms with van der Waals surface area (Å²) >= 11 is 0. The molecule has 1 aliphatic carbocycles. The molecule has 10 rings (SSSR count). The summed E-state index contributed by atoms with van der Waals surface area (Å²) in [7, 11) is 0. The Hall–Kier alpha value is -6.91. The van der Waals surface area contributed by atoms with Crippen molar-refractivity contribution in [2.24, 2.45) is 0 Å². The lowest BCUT2D eigenvalue weighted by Gasteiger charge is -2.17. The minimum Gasteiger partial charge on any atom is -0.459 e. The van der Waals surface area contributed by atoms with Crippen LogP contribution >= 0.6 is 0 Å². The normalized spacial score (nSPS) is 13.7. The fraction of sp³-hybridized carbons (Fsp3) is 0.0408. The summed E-state index contributed by atoms with van der Waals surface area (Å²) in [4.78, 5) is 14.8. The van der Waals surface area contributed by atoms with Gasteiger partial charge in [0.15, 0.2) is 17.5 Å². The second-order valence-electron chi connectivity index (χ2n) is 13.5. The highest BCUT2D eigenvalue weighted by Gasteiger charge is 2.27. The van der Waals surface area contributed by atoms with E-state index in [9.17, 15) is 0 Å². The van der Waals surface area contributed by atoms with Crippen molar-refractivity contribution >= 4 is 27.8 Å². The van der Waals surface area contributed by atoms with Gasteiger partial charge < -0.3 is 4.42 Å². The monoisotopic (exact) mass is 679 g/mol. The number of rotatable bonds is 6. The molecule has 1 aliphatic rings. The van der Waals surface area contributed by atoms with E-state index in [2.05, 4.69) is 121 Å². The van der Waals surface area contributed by atoms with E-state index < -0.39 is 0 Å². The minimum absolute atomic E-state index is 0.193. The van der Waals surface area contributed by atoms with E-state index >= 15 is 0 Å². The Bertz CT molecular complexity index is 2750. The Morgan fingerprint density at radius 1 is 0.434 bits per heavy atom. The SMILES string of the molecule is C1=Cc2c(oc3c2cc(-c2cccc(-c4cccc(-c5nc(-c6ccccc6)nc(-c6ccccc6)n5)c4)c2)c2ccccc23)C(c2ccccc2)C1. The third-order valence-electron chi connectivity index (χ3n) is 10.3. The molecule has 0 radical (unpaired) electrons. The van der Waals surface area contributed by atoms with Gasteiger partial charge in [0.25, 0.3) is 0 Å². The molecular weight excluding hydrogens is 647 g/mol. The van der Waals surface area contributed by atoms with Crippen LogP contribution in [0, 0.1) is 0 Å². The maximum atomic E-state index is 6.82. The second-order valence-corrected chi connectivity index (χ2v) is 13.5.